The van der Waals surface area contributed by atoms with E-state index in [1.165, 1.54) is 4.31 Å². The number of fused-ring (bicyclic) bond motifs is 1. The van der Waals surface area contributed by atoms with Crippen LogP contribution in [0.3, 0.4) is 0 Å². The molecule has 0 aromatic heterocycles. The van der Waals surface area contributed by atoms with Crippen LogP contribution in [0.4, 0.5) is 5.69 Å². The second-order valence-corrected chi connectivity index (χ2v) is 11.9. The monoisotopic (exact) mass is 579 g/mol. The van der Waals surface area contributed by atoms with Crippen LogP contribution in [-0.2, 0) is 32.6 Å². The zero-order chi connectivity index (χ0) is 29.4. The molecule has 9 nitrogen and oxygen atoms in total. The summed E-state index contributed by atoms with van der Waals surface area (Å²) in [5.41, 5.74) is 3.34. The van der Waals surface area contributed by atoms with Crippen molar-refractivity contribution < 1.29 is 27.5 Å². The third kappa shape index (κ3) is 7.79. The summed E-state index contributed by atoms with van der Waals surface area (Å²) in [6.45, 7) is 4.70. The SMILES string of the molecule is CCNC(=O)[C@@H](Cc1ccccc1)N(Cc1ccccc1C)C(=O)CCCN(c1ccc2c(c1)OCO2)S(C)(=O)=O. The smallest absolute Gasteiger partial charge is 0.243 e. The van der Waals surface area contributed by atoms with E-state index in [1.807, 2.05) is 68.4 Å². The molecule has 1 aliphatic rings. The molecule has 10 heteroatoms. The molecule has 3 aromatic carbocycles. The van der Waals surface area contributed by atoms with Gasteiger partial charge in [0.05, 0.1) is 11.9 Å². The third-order valence-electron chi connectivity index (χ3n) is 7.02. The Morgan fingerprint density at radius 3 is 2.39 bits per heavy atom. The Balaban J connectivity index is 1.56. The van der Waals surface area contributed by atoms with E-state index in [4.69, 9.17) is 9.47 Å². The first-order chi connectivity index (χ1) is 19.7. The number of aryl methyl sites for hydroxylation is 1. The van der Waals surface area contributed by atoms with Gasteiger partial charge in [-0.3, -0.25) is 13.9 Å². The Labute approximate surface area is 242 Å². The lowest BCUT2D eigenvalue weighted by atomic mass is 10.0. The fraction of sp³-hybridized carbons (Fsp3) is 0.355. The molecule has 1 atom stereocenters. The van der Waals surface area contributed by atoms with Crippen molar-refractivity contribution in [3.63, 3.8) is 0 Å². The van der Waals surface area contributed by atoms with Crippen molar-refractivity contribution in [1.82, 2.24) is 10.2 Å². The molecule has 41 heavy (non-hydrogen) atoms. The summed E-state index contributed by atoms with van der Waals surface area (Å²) < 4.78 is 37.4. The maximum Gasteiger partial charge on any atom is 0.243 e. The van der Waals surface area contributed by atoms with Crippen molar-refractivity contribution in [3.05, 3.63) is 89.5 Å². The Morgan fingerprint density at radius 1 is 0.976 bits per heavy atom. The number of hydrogen-bond donors (Lipinski definition) is 1. The topological polar surface area (TPSA) is 105 Å². The summed E-state index contributed by atoms with van der Waals surface area (Å²) in [7, 11) is -3.64. The highest BCUT2D eigenvalue weighted by atomic mass is 32.2. The van der Waals surface area contributed by atoms with Gasteiger partial charge in [0.25, 0.3) is 0 Å². The van der Waals surface area contributed by atoms with Crippen molar-refractivity contribution in [1.29, 1.82) is 0 Å². The molecule has 2 amide bonds. The van der Waals surface area contributed by atoms with Crippen LogP contribution < -0.4 is 19.1 Å². The minimum absolute atomic E-state index is 0.0626. The van der Waals surface area contributed by atoms with Crippen LogP contribution in [0.5, 0.6) is 11.5 Å². The van der Waals surface area contributed by atoms with Gasteiger partial charge in [-0.15, -0.1) is 0 Å². The molecule has 0 unspecified atom stereocenters. The molecule has 0 saturated heterocycles. The van der Waals surface area contributed by atoms with Gasteiger partial charge >= 0.3 is 0 Å². The Morgan fingerprint density at radius 2 is 1.68 bits per heavy atom. The predicted molar refractivity (Wildman–Crippen MR) is 158 cm³/mol. The van der Waals surface area contributed by atoms with E-state index in [9.17, 15) is 18.0 Å². The number of rotatable bonds is 13. The number of nitrogens with zero attached hydrogens (tertiary/aromatic N) is 2. The number of benzene rings is 3. The van der Waals surface area contributed by atoms with Gasteiger partial charge in [0.1, 0.15) is 6.04 Å². The molecular formula is C31H37N3O6S. The van der Waals surface area contributed by atoms with Gasteiger partial charge in [-0.2, -0.15) is 0 Å². The summed E-state index contributed by atoms with van der Waals surface area (Å²) in [6, 6.07) is 21.6. The Bertz CT molecular complexity index is 1460. The average Bonchev–Trinajstić information content (AvgIpc) is 3.42. The number of anilines is 1. The summed E-state index contributed by atoms with van der Waals surface area (Å²) >= 11 is 0. The maximum atomic E-state index is 13.9. The maximum absolute atomic E-state index is 13.9. The van der Waals surface area contributed by atoms with Crippen LogP contribution in [0.2, 0.25) is 0 Å². The number of ether oxygens (including phenoxy) is 2. The highest BCUT2D eigenvalue weighted by molar-refractivity contribution is 7.92. The van der Waals surface area contributed by atoms with Crippen LogP contribution in [0.15, 0.2) is 72.8 Å². The lowest BCUT2D eigenvalue weighted by Crippen LogP contribution is -2.50. The van der Waals surface area contributed by atoms with Crippen molar-refractivity contribution >= 4 is 27.5 Å². The molecule has 0 saturated carbocycles. The van der Waals surface area contributed by atoms with Crippen molar-refractivity contribution in [2.24, 2.45) is 0 Å². The van der Waals surface area contributed by atoms with E-state index in [2.05, 4.69) is 5.32 Å². The van der Waals surface area contributed by atoms with Crippen molar-refractivity contribution in [3.8, 4) is 11.5 Å². The van der Waals surface area contributed by atoms with E-state index < -0.39 is 16.1 Å². The van der Waals surface area contributed by atoms with Crippen molar-refractivity contribution in [2.75, 3.05) is 30.4 Å². The van der Waals surface area contributed by atoms with Gasteiger partial charge in [-0.05, 0) is 49.1 Å². The Hall–Kier alpha value is -4.05. The quantitative estimate of drug-likeness (QED) is 0.328. The van der Waals surface area contributed by atoms with Crippen molar-refractivity contribution in [2.45, 2.75) is 45.7 Å². The van der Waals surface area contributed by atoms with Gasteiger partial charge < -0.3 is 19.7 Å². The summed E-state index contributed by atoms with van der Waals surface area (Å²) in [5.74, 6) is 0.581. The standard InChI is InChI=1S/C31H37N3O6S/c1-4-32-31(36)27(19-24-12-6-5-7-13-24)33(21-25-14-9-8-11-23(25)2)30(35)15-10-18-34(41(3,37)38)26-16-17-28-29(20-26)40-22-39-28/h5-9,11-14,16-17,20,27H,4,10,15,18-19,21-22H2,1-3H3,(H,32,36)/t27-/m1/s1. The van der Waals surface area contributed by atoms with E-state index in [0.29, 0.717) is 30.2 Å². The highest BCUT2D eigenvalue weighted by Gasteiger charge is 2.30. The lowest BCUT2D eigenvalue weighted by molar-refractivity contribution is -0.141. The van der Waals surface area contributed by atoms with E-state index >= 15 is 0 Å². The Kier molecular flexibility index (Phi) is 9.88. The zero-order valence-electron chi connectivity index (χ0n) is 23.7. The molecule has 4 rings (SSSR count). The first kappa shape index (κ1) is 29.9. The van der Waals surface area contributed by atoms with E-state index in [1.54, 1.807) is 23.1 Å². The number of likely N-dealkylation sites (N-methyl/N-ethyl adjacent to an activating group) is 1. The van der Waals surface area contributed by atoms with Gasteiger partial charge in [0.2, 0.25) is 28.6 Å². The fourth-order valence-electron chi connectivity index (χ4n) is 4.86. The molecule has 0 radical (unpaired) electrons. The number of carbonyl (C=O) groups is 2. The molecular weight excluding hydrogens is 542 g/mol. The van der Waals surface area contributed by atoms with Crippen LogP contribution >= 0.6 is 0 Å². The third-order valence-corrected chi connectivity index (χ3v) is 8.21. The zero-order valence-corrected chi connectivity index (χ0v) is 24.5. The minimum atomic E-state index is -3.64. The second kappa shape index (κ2) is 13.5. The highest BCUT2D eigenvalue weighted by Crippen LogP contribution is 2.36. The first-order valence-electron chi connectivity index (χ1n) is 13.7. The molecule has 3 aromatic rings. The number of carbonyl (C=O) groups excluding carboxylic acids is 2. The number of nitrogens with one attached hydrogen (secondary N) is 1. The summed E-state index contributed by atoms with van der Waals surface area (Å²) in [4.78, 5) is 28.8. The summed E-state index contributed by atoms with van der Waals surface area (Å²) in [5, 5.41) is 2.90. The van der Waals surface area contributed by atoms with E-state index in [0.717, 1.165) is 22.9 Å². The molecule has 1 aliphatic heterocycles. The van der Waals surface area contributed by atoms with Gasteiger partial charge in [-0.25, -0.2) is 8.42 Å². The van der Waals surface area contributed by atoms with Crippen LogP contribution in [0, 0.1) is 6.92 Å². The molecule has 218 valence electrons. The van der Waals surface area contributed by atoms with Crippen LogP contribution in [-0.4, -0.2) is 57.3 Å². The predicted octanol–water partition coefficient (Wildman–Crippen LogP) is 4.05. The second-order valence-electron chi connectivity index (χ2n) is 10.0. The minimum Gasteiger partial charge on any atom is -0.454 e. The average molecular weight is 580 g/mol. The first-order valence-corrected chi connectivity index (χ1v) is 15.5. The summed E-state index contributed by atoms with van der Waals surface area (Å²) in [6.07, 6.45) is 1.82. The van der Waals surface area contributed by atoms with Gasteiger partial charge in [0, 0.05) is 38.5 Å². The fourth-order valence-corrected chi connectivity index (χ4v) is 5.82. The molecule has 0 spiro atoms. The van der Waals surface area contributed by atoms with Crippen LogP contribution in [0.25, 0.3) is 0 Å². The van der Waals surface area contributed by atoms with Gasteiger partial charge in [-0.1, -0.05) is 54.6 Å². The van der Waals surface area contributed by atoms with Crippen LogP contribution in [0.1, 0.15) is 36.5 Å². The number of hydrogen-bond acceptors (Lipinski definition) is 6. The normalized spacial score (nSPS) is 13.0. The van der Waals surface area contributed by atoms with E-state index in [-0.39, 0.29) is 44.5 Å². The molecule has 0 fully saturated rings. The largest absolute Gasteiger partial charge is 0.454 e. The number of amides is 2. The lowest BCUT2D eigenvalue weighted by Gasteiger charge is -2.32. The molecule has 1 N–H and O–H groups in total. The molecule has 1 heterocycles. The molecule has 0 bridgehead atoms. The number of sulfonamides is 1. The molecule has 0 aliphatic carbocycles. The van der Waals surface area contributed by atoms with Gasteiger partial charge in [0.15, 0.2) is 11.5 Å².